The van der Waals surface area contributed by atoms with Gasteiger partial charge in [0.2, 0.25) is 0 Å². The zero-order valence-electron chi connectivity index (χ0n) is 24.0. The first-order chi connectivity index (χ1) is 19.6. The fourth-order valence-electron chi connectivity index (χ4n) is 5.77. The van der Waals surface area contributed by atoms with Crippen LogP contribution in [0.4, 0.5) is 0 Å². The van der Waals surface area contributed by atoms with Crippen LogP contribution in [0.5, 0.6) is 17.2 Å². The van der Waals surface area contributed by atoms with Crippen LogP contribution in [-0.4, -0.2) is 53.3 Å². The molecule has 0 aromatic heterocycles. The average Bonchev–Trinajstić information content (AvgIpc) is 3.53. The number of benzene rings is 3. The molecular formula is C32H37NO7S. The van der Waals surface area contributed by atoms with Crippen LogP contribution in [0.25, 0.3) is 11.1 Å². The zero-order chi connectivity index (χ0) is 29.1. The quantitative estimate of drug-likeness (QED) is 0.249. The summed E-state index contributed by atoms with van der Waals surface area (Å²) in [6.07, 6.45) is 2.13. The summed E-state index contributed by atoms with van der Waals surface area (Å²) >= 11 is 0. The number of aryl methyl sites for hydroxylation is 1. The van der Waals surface area contributed by atoms with Crippen LogP contribution in [0.15, 0.2) is 48.5 Å². The van der Waals surface area contributed by atoms with Crippen molar-refractivity contribution >= 4 is 15.8 Å². The molecule has 0 radical (unpaired) electrons. The molecule has 218 valence electrons. The van der Waals surface area contributed by atoms with Crippen molar-refractivity contribution < 1.29 is 32.2 Å². The van der Waals surface area contributed by atoms with E-state index < -0.39 is 9.84 Å². The van der Waals surface area contributed by atoms with Gasteiger partial charge >= 0.3 is 5.97 Å². The lowest BCUT2D eigenvalue weighted by atomic mass is 9.89. The molecule has 0 aliphatic carbocycles. The van der Waals surface area contributed by atoms with Crippen LogP contribution < -0.4 is 19.5 Å². The summed E-state index contributed by atoms with van der Waals surface area (Å²) in [7, 11) is -1.58. The van der Waals surface area contributed by atoms with Crippen molar-refractivity contribution in [2.24, 2.45) is 0 Å². The summed E-state index contributed by atoms with van der Waals surface area (Å²) in [6.45, 7) is 6.21. The van der Waals surface area contributed by atoms with Crippen LogP contribution in [-0.2, 0) is 26.0 Å². The molecule has 0 bridgehead atoms. The maximum atomic E-state index is 11.7. The minimum atomic E-state index is -2.98. The molecule has 8 nitrogen and oxygen atoms in total. The highest BCUT2D eigenvalue weighted by atomic mass is 32.2. The molecule has 2 aliphatic rings. The molecule has 0 saturated carbocycles. The van der Waals surface area contributed by atoms with E-state index in [0.29, 0.717) is 45.0 Å². The largest absolute Gasteiger partial charge is 0.492 e. The van der Waals surface area contributed by atoms with Crippen molar-refractivity contribution in [1.29, 1.82) is 0 Å². The minimum Gasteiger partial charge on any atom is -0.492 e. The number of ether oxygens (including phenoxy) is 4. The molecule has 0 fully saturated rings. The predicted molar refractivity (Wildman–Crippen MR) is 158 cm³/mol. The Morgan fingerprint density at radius 2 is 1.85 bits per heavy atom. The van der Waals surface area contributed by atoms with Crippen molar-refractivity contribution in [2.45, 2.75) is 45.3 Å². The molecule has 2 unspecified atom stereocenters. The second kappa shape index (κ2) is 12.1. The van der Waals surface area contributed by atoms with Crippen LogP contribution in [0.1, 0.15) is 52.6 Å². The fraction of sp³-hybridized carbons (Fsp3) is 0.406. The number of hydrogen-bond donors (Lipinski definition) is 1. The van der Waals surface area contributed by atoms with Gasteiger partial charge in [0.15, 0.2) is 0 Å². The number of sulfone groups is 1. The third kappa shape index (κ3) is 6.68. The number of carbonyl (C=O) groups excluding carboxylic acids is 1. The van der Waals surface area contributed by atoms with Gasteiger partial charge in [-0.3, -0.25) is 4.79 Å². The van der Waals surface area contributed by atoms with E-state index in [1.54, 1.807) is 0 Å². The molecule has 0 spiro atoms. The van der Waals surface area contributed by atoms with Crippen LogP contribution in [0, 0.1) is 13.8 Å². The van der Waals surface area contributed by atoms with Crippen LogP contribution in [0.3, 0.4) is 0 Å². The predicted octanol–water partition coefficient (Wildman–Crippen LogP) is 5.05. The molecule has 3 aromatic rings. The van der Waals surface area contributed by atoms with E-state index in [4.69, 9.17) is 18.9 Å². The first-order valence-electron chi connectivity index (χ1n) is 13.9. The molecule has 0 saturated heterocycles. The molecule has 2 heterocycles. The second-order valence-electron chi connectivity index (χ2n) is 10.9. The summed E-state index contributed by atoms with van der Waals surface area (Å²) in [6, 6.07) is 16.2. The molecule has 1 N–H and O–H groups in total. The van der Waals surface area contributed by atoms with Crippen molar-refractivity contribution in [3.8, 4) is 28.4 Å². The Bertz CT molecular complexity index is 1550. The van der Waals surface area contributed by atoms with Gasteiger partial charge < -0.3 is 24.3 Å². The van der Waals surface area contributed by atoms with Gasteiger partial charge in [-0.25, -0.2) is 8.42 Å². The number of carbonyl (C=O) groups is 1. The summed E-state index contributed by atoms with van der Waals surface area (Å²) in [5.41, 5.74) is 7.74. The Hall–Kier alpha value is -3.56. The summed E-state index contributed by atoms with van der Waals surface area (Å²) in [5, 5.41) is 3.49. The molecule has 2 aliphatic heterocycles. The number of rotatable bonds is 11. The van der Waals surface area contributed by atoms with Crippen molar-refractivity contribution in [3.63, 3.8) is 0 Å². The highest BCUT2D eigenvalue weighted by molar-refractivity contribution is 7.90. The lowest BCUT2D eigenvalue weighted by molar-refractivity contribution is -0.141. The van der Waals surface area contributed by atoms with E-state index in [1.807, 2.05) is 30.3 Å². The Kier molecular flexibility index (Phi) is 8.56. The van der Waals surface area contributed by atoms with Gasteiger partial charge in [-0.2, -0.15) is 0 Å². The van der Waals surface area contributed by atoms with E-state index in [9.17, 15) is 13.2 Å². The van der Waals surface area contributed by atoms with Gasteiger partial charge in [0, 0.05) is 29.4 Å². The molecule has 41 heavy (non-hydrogen) atoms. The van der Waals surface area contributed by atoms with Crippen LogP contribution in [0.2, 0.25) is 0 Å². The normalized spacial score (nSPS) is 17.4. The molecule has 5 rings (SSSR count). The average molecular weight is 580 g/mol. The molecule has 3 aromatic carbocycles. The molecule has 9 heteroatoms. The number of nitrogens with one attached hydrogen (secondary N) is 1. The maximum Gasteiger partial charge on any atom is 0.306 e. The lowest BCUT2D eigenvalue weighted by Gasteiger charge is -2.18. The van der Waals surface area contributed by atoms with E-state index in [1.165, 1.54) is 18.9 Å². The summed E-state index contributed by atoms with van der Waals surface area (Å²) in [4.78, 5) is 11.7. The SMILES string of the molecule is COC(=O)CC1COc2cc(OCc3cccc(-c4c(C)cc5c(c4C)C(NCCCS(C)(=O)=O)CO5)c3)ccc21. The number of hydrogen-bond acceptors (Lipinski definition) is 8. The Morgan fingerprint density at radius 1 is 1.05 bits per heavy atom. The first-order valence-corrected chi connectivity index (χ1v) is 15.9. The zero-order valence-corrected chi connectivity index (χ0v) is 24.8. The Labute approximate surface area is 241 Å². The summed E-state index contributed by atoms with van der Waals surface area (Å²) in [5.74, 6) is 2.26. The maximum absolute atomic E-state index is 11.7. The van der Waals surface area contributed by atoms with Gasteiger partial charge in [-0.05, 0) is 72.8 Å². The topological polar surface area (TPSA) is 100 Å². The smallest absolute Gasteiger partial charge is 0.306 e. The van der Waals surface area contributed by atoms with Crippen LogP contribution >= 0.6 is 0 Å². The number of fused-ring (bicyclic) bond motifs is 2. The second-order valence-corrected chi connectivity index (χ2v) is 13.1. The molecule has 0 amide bonds. The van der Waals surface area contributed by atoms with Gasteiger partial charge in [0.05, 0.1) is 31.9 Å². The number of methoxy groups -OCH3 is 1. The highest BCUT2D eigenvalue weighted by Gasteiger charge is 2.29. The van der Waals surface area contributed by atoms with Gasteiger partial charge in [-0.15, -0.1) is 0 Å². The van der Waals surface area contributed by atoms with E-state index in [-0.39, 0.29) is 23.7 Å². The molecule has 2 atom stereocenters. The van der Waals surface area contributed by atoms with Gasteiger partial charge in [0.1, 0.15) is 40.3 Å². The third-order valence-electron chi connectivity index (χ3n) is 7.75. The summed E-state index contributed by atoms with van der Waals surface area (Å²) < 4.78 is 45.7. The third-order valence-corrected chi connectivity index (χ3v) is 8.78. The van der Waals surface area contributed by atoms with Crippen molar-refractivity contribution in [2.75, 3.05) is 38.9 Å². The minimum absolute atomic E-state index is 0.00494. The fourth-order valence-corrected chi connectivity index (χ4v) is 6.44. The standard InChI is InChI=1S/C32H37NO7S/c1-20-13-29-32(27(19-40-29)33-11-6-12-41(4,35)36)21(2)31(20)23-8-5-7-22(14-23)17-38-25-9-10-26-24(15-30(34)37-3)18-39-28(26)16-25/h5,7-10,13-14,16,24,27,33H,6,11-12,15,17-19H2,1-4H3. The van der Waals surface area contributed by atoms with Crippen molar-refractivity contribution in [3.05, 3.63) is 76.3 Å². The first kappa shape index (κ1) is 29.0. The highest BCUT2D eigenvalue weighted by Crippen LogP contribution is 2.42. The van der Waals surface area contributed by atoms with Gasteiger partial charge in [0.25, 0.3) is 0 Å². The lowest BCUT2D eigenvalue weighted by Crippen LogP contribution is -2.25. The van der Waals surface area contributed by atoms with Crippen molar-refractivity contribution in [1.82, 2.24) is 5.32 Å². The van der Waals surface area contributed by atoms with E-state index >= 15 is 0 Å². The number of esters is 1. The Morgan fingerprint density at radius 3 is 2.63 bits per heavy atom. The van der Waals surface area contributed by atoms with E-state index in [2.05, 4.69) is 37.4 Å². The monoisotopic (exact) mass is 579 g/mol. The van der Waals surface area contributed by atoms with E-state index in [0.717, 1.165) is 44.9 Å². The Balaban J connectivity index is 1.29. The molecular weight excluding hydrogens is 542 g/mol. The van der Waals surface area contributed by atoms with Gasteiger partial charge in [-0.1, -0.05) is 24.3 Å².